The summed E-state index contributed by atoms with van der Waals surface area (Å²) in [4.78, 5) is 35.3. The van der Waals surface area contributed by atoms with E-state index in [0.29, 0.717) is 25.9 Å². The van der Waals surface area contributed by atoms with Crippen LogP contribution in [0.5, 0.6) is 5.75 Å². The minimum Gasteiger partial charge on any atom is -0.486 e. The second-order valence-corrected chi connectivity index (χ2v) is 7.28. The monoisotopic (exact) mass is 398 g/mol. The molecule has 0 saturated carbocycles. The fourth-order valence-corrected chi connectivity index (χ4v) is 2.22. The van der Waals surface area contributed by atoms with Gasteiger partial charge in [0.25, 0.3) is 0 Å². The molecule has 0 aromatic carbocycles. The first-order valence-corrected chi connectivity index (χ1v) is 9.41. The number of aliphatic hydroxyl groups excluding tert-OH is 1. The molecule has 0 aliphatic rings. The first-order chi connectivity index (χ1) is 13.2. The highest BCUT2D eigenvalue weighted by molar-refractivity contribution is 5.75. The molecule has 1 N–H and O–H groups in total. The first-order valence-electron chi connectivity index (χ1n) is 9.41. The number of ether oxygens (including phenoxy) is 3. The molecule has 0 atom stereocenters. The van der Waals surface area contributed by atoms with Crippen LogP contribution in [0.1, 0.15) is 64.9 Å². The second kappa shape index (κ2) is 11.5. The largest absolute Gasteiger partial charge is 0.486 e. The van der Waals surface area contributed by atoms with E-state index in [4.69, 9.17) is 18.6 Å². The molecule has 0 bridgehead atoms. The molecule has 0 unspecified atom stereocenters. The van der Waals surface area contributed by atoms with Gasteiger partial charge in [0.15, 0.2) is 5.76 Å². The van der Waals surface area contributed by atoms with E-state index in [-0.39, 0.29) is 36.5 Å². The van der Waals surface area contributed by atoms with Gasteiger partial charge < -0.3 is 23.7 Å². The number of hydrogen-bond acceptors (Lipinski definition) is 8. The summed E-state index contributed by atoms with van der Waals surface area (Å²) in [6.45, 7) is 6.81. The minimum absolute atomic E-state index is 0.0131. The summed E-state index contributed by atoms with van der Waals surface area (Å²) in [6, 6.07) is 1.19. The Morgan fingerprint density at radius 3 is 2.46 bits per heavy atom. The second-order valence-electron chi connectivity index (χ2n) is 7.28. The molecule has 0 amide bonds. The van der Waals surface area contributed by atoms with Gasteiger partial charge >= 0.3 is 11.9 Å². The predicted molar refractivity (Wildman–Crippen MR) is 101 cm³/mol. The zero-order valence-corrected chi connectivity index (χ0v) is 17.0. The lowest BCUT2D eigenvalue weighted by molar-refractivity contribution is -0.155. The van der Waals surface area contributed by atoms with Crippen LogP contribution in [0.3, 0.4) is 0 Å². The number of carbonyl (C=O) groups is 2. The minimum atomic E-state index is -0.670. The highest BCUT2D eigenvalue weighted by Crippen LogP contribution is 2.19. The van der Waals surface area contributed by atoms with Crippen LogP contribution < -0.4 is 10.2 Å². The van der Waals surface area contributed by atoms with E-state index in [9.17, 15) is 19.5 Å². The average Bonchev–Trinajstić information content (AvgIpc) is 2.62. The van der Waals surface area contributed by atoms with Gasteiger partial charge in [-0.25, -0.2) is 0 Å². The molecule has 0 aliphatic carbocycles. The third-order valence-corrected chi connectivity index (χ3v) is 3.70. The molecule has 0 spiro atoms. The highest BCUT2D eigenvalue weighted by atomic mass is 16.5. The lowest BCUT2D eigenvalue weighted by Gasteiger charge is -2.16. The zero-order valence-electron chi connectivity index (χ0n) is 17.0. The van der Waals surface area contributed by atoms with Gasteiger partial charge in [-0.2, -0.15) is 0 Å². The van der Waals surface area contributed by atoms with Crippen LogP contribution >= 0.6 is 0 Å². The number of rotatable bonds is 11. The summed E-state index contributed by atoms with van der Waals surface area (Å²) in [5.41, 5.74) is -1.13. The van der Waals surface area contributed by atoms with Crippen LogP contribution in [-0.4, -0.2) is 30.3 Å². The molecule has 0 radical (unpaired) electrons. The molecule has 158 valence electrons. The molecular formula is C20H30O8. The van der Waals surface area contributed by atoms with Crippen LogP contribution in [0, 0.1) is 5.41 Å². The Labute approximate surface area is 164 Å². The van der Waals surface area contributed by atoms with Gasteiger partial charge in [-0.05, 0) is 47.0 Å². The van der Waals surface area contributed by atoms with Crippen molar-refractivity contribution in [3.8, 4) is 5.75 Å². The number of aliphatic hydroxyl groups is 1. The Kier molecular flexibility index (Phi) is 9.72. The predicted octanol–water partition coefficient (Wildman–Crippen LogP) is 2.72. The van der Waals surface area contributed by atoms with Gasteiger partial charge in [0.05, 0.1) is 18.6 Å². The summed E-state index contributed by atoms with van der Waals surface area (Å²) in [6.07, 6.45) is 2.38. The Morgan fingerprint density at radius 1 is 1.14 bits per heavy atom. The van der Waals surface area contributed by atoms with E-state index in [2.05, 4.69) is 0 Å². The fourth-order valence-electron chi connectivity index (χ4n) is 2.22. The maximum absolute atomic E-state index is 12.2. The number of hydrogen-bond donors (Lipinski definition) is 1. The molecule has 28 heavy (non-hydrogen) atoms. The Morgan fingerprint density at radius 2 is 1.86 bits per heavy atom. The Bertz CT molecular complexity index is 699. The molecule has 1 heterocycles. The van der Waals surface area contributed by atoms with Crippen molar-refractivity contribution < 1.29 is 33.3 Å². The molecule has 1 aromatic heterocycles. The lowest BCUT2D eigenvalue weighted by Crippen LogP contribution is -2.23. The average molecular weight is 398 g/mol. The van der Waals surface area contributed by atoms with E-state index < -0.39 is 23.4 Å². The highest BCUT2D eigenvalue weighted by Gasteiger charge is 2.23. The van der Waals surface area contributed by atoms with E-state index in [1.807, 2.05) is 0 Å². The summed E-state index contributed by atoms with van der Waals surface area (Å²) in [5, 5.41) is 9.45. The van der Waals surface area contributed by atoms with Crippen molar-refractivity contribution in [3.63, 3.8) is 0 Å². The van der Waals surface area contributed by atoms with Crippen molar-refractivity contribution in [1.29, 1.82) is 0 Å². The molecular weight excluding hydrogens is 368 g/mol. The van der Waals surface area contributed by atoms with Gasteiger partial charge in [0, 0.05) is 12.5 Å². The van der Waals surface area contributed by atoms with Gasteiger partial charge in [0.1, 0.15) is 19.0 Å². The summed E-state index contributed by atoms with van der Waals surface area (Å²) < 4.78 is 20.8. The molecule has 1 rings (SSSR count). The van der Waals surface area contributed by atoms with Crippen molar-refractivity contribution in [2.24, 2.45) is 5.41 Å². The summed E-state index contributed by atoms with van der Waals surface area (Å²) in [7, 11) is 0. The van der Waals surface area contributed by atoms with Gasteiger partial charge in [-0.3, -0.25) is 14.4 Å². The third-order valence-electron chi connectivity index (χ3n) is 3.70. The van der Waals surface area contributed by atoms with Crippen molar-refractivity contribution in [2.45, 2.75) is 66.6 Å². The van der Waals surface area contributed by atoms with E-state index in [1.54, 1.807) is 27.7 Å². The van der Waals surface area contributed by atoms with Crippen molar-refractivity contribution in [2.75, 3.05) is 13.2 Å². The molecule has 0 fully saturated rings. The van der Waals surface area contributed by atoms with Crippen molar-refractivity contribution >= 4 is 11.9 Å². The van der Waals surface area contributed by atoms with Crippen LogP contribution in [-0.2, 0) is 32.3 Å². The topological polar surface area (TPSA) is 112 Å². The maximum Gasteiger partial charge on any atom is 0.311 e. The summed E-state index contributed by atoms with van der Waals surface area (Å²) in [5.74, 6) is -0.591. The normalized spacial score (nSPS) is 11.2. The molecule has 0 saturated heterocycles. The van der Waals surface area contributed by atoms with Crippen LogP contribution in [0.2, 0.25) is 0 Å². The third kappa shape index (κ3) is 8.12. The SMILES string of the molecule is CCOC(=O)CCCCCOc1c(CO)oc(COC(=O)C(C)(C)C)cc1=O. The van der Waals surface area contributed by atoms with Gasteiger partial charge in [0.2, 0.25) is 11.2 Å². The zero-order chi connectivity index (χ0) is 21.2. The molecule has 8 nitrogen and oxygen atoms in total. The lowest BCUT2D eigenvalue weighted by atomic mass is 9.97. The molecule has 8 heteroatoms. The quantitative estimate of drug-likeness (QED) is 0.447. The van der Waals surface area contributed by atoms with Crippen LogP contribution in [0.15, 0.2) is 15.3 Å². The van der Waals surface area contributed by atoms with Gasteiger partial charge in [-0.1, -0.05) is 0 Å². The maximum atomic E-state index is 12.2. The van der Waals surface area contributed by atoms with Crippen LogP contribution in [0.4, 0.5) is 0 Å². The number of unbranched alkanes of at least 4 members (excludes halogenated alkanes) is 2. The van der Waals surface area contributed by atoms with Crippen LogP contribution in [0.25, 0.3) is 0 Å². The summed E-state index contributed by atoms with van der Waals surface area (Å²) >= 11 is 0. The smallest absolute Gasteiger partial charge is 0.311 e. The van der Waals surface area contributed by atoms with Crippen molar-refractivity contribution in [3.05, 3.63) is 27.8 Å². The molecule has 1 aromatic rings. The molecule has 0 aliphatic heterocycles. The Balaban J connectivity index is 2.55. The van der Waals surface area contributed by atoms with Gasteiger partial charge in [-0.15, -0.1) is 0 Å². The van der Waals surface area contributed by atoms with E-state index >= 15 is 0 Å². The number of esters is 2. The van der Waals surface area contributed by atoms with E-state index in [0.717, 1.165) is 6.42 Å². The van der Waals surface area contributed by atoms with Crippen molar-refractivity contribution in [1.82, 2.24) is 0 Å². The standard InChI is InChI=1S/C20H30O8/c1-5-25-17(23)9-7-6-8-10-26-18-15(22)11-14(28-16(18)12-21)13-27-19(24)20(2,3)4/h11,21H,5-10,12-13H2,1-4H3. The van der Waals surface area contributed by atoms with E-state index in [1.165, 1.54) is 6.07 Å². The first kappa shape index (κ1) is 23.7. The fraction of sp³-hybridized carbons (Fsp3) is 0.650. The number of carbonyl (C=O) groups excluding carboxylic acids is 2. The Hall–Kier alpha value is -2.35.